The molecule has 1 fully saturated rings. The fourth-order valence-electron chi connectivity index (χ4n) is 3.42. The van der Waals surface area contributed by atoms with Crippen molar-refractivity contribution in [2.24, 2.45) is 5.92 Å². The van der Waals surface area contributed by atoms with Crippen LogP contribution in [0.3, 0.4) is 0 Å². The van der Waals surface area contributed by atoms with Gasteiger partial charge in [-0.3, -0.25) is 0 Å². The van der Waals surface area contributed by atoms with Crippen molar-refractivity contribution in [3.8, 4) is 0 Å². The highest BCUT2D eigenvalue weighted by atomic mass is 16.5. The lowest BCUT2D eigenvalue weighted by Crippen LogP contribution is -2.40. The maximum absolute atomic E-state index is 5.46. The minimum absolute atomic E-state index is 0.644. The molecule has 0 aliphatic carbocycles. The zero-order valence-corrected chi connectivity index (χ0v) is 12.5. The van der Waals surface area contributed by atoms with E-state index < -0.39 is 0 Å². The molecule has 0 bridgehead atoms. The molecule has 0 aromatic heterocycles. The molecule has 0 amide bonds. The number of anilines is 1. The predicted molar refractivity (Wildman–Crippen MR) is 83.2 cm³/mol. The van der Waals surface area contributed by atoms with Crippen LogP contribution in [0.5, 0.6) is 0 Å². The molecular formula is C17H26N2O. The van der Waals surface area contributed by atoms with E-state index >= 15 is 0 Å². The van der Waals surface area contributed by atoms with Gasteiger partial charge in [0, 0.05) is 38.0 Å². The minimum Gasteiger partial charge on any atom is -0.383 e. The molecule has 2 heterocycles. The first-order chi connectivity index (χ1) is 9.83. The molecule has 0 radical (unpaired) electrons. The summed E-state index contributed by atoms with van der Waals surface area (Å²) in [5, 5.41) is 3.63. The Morgan fingerprint density at radius 3 is 2.85 bits per heavy atom. The monoisotopic (exact) mass is 274 g/mol. The van der Waals surface area contributed by atoms with Gasteiger partial charge in [0.2, 0.25) is 0 Å². The van der Waals surface area contributed by atoms with Crippen LogP contribution in [0.15, 0.2) is 24.3 Å². The second kappa shape index (κ2) is 6.59. The number of para-hydroxylation sites is 1. The van der Waals surface area contributed by atoms with E-state index in [-0.39, 0.29) is 0 Å². The number of nitrogens with zero attached hydrogens (tertiary/aromatic N) is 1. The van der Waals surface area contributed by atoms with E-state index in [9.17, 15) is 0 Å². The molecule has 0 saturated carbocycles. The molecule has 1 unspecified atom stereocenters. The van der Waals surface area contributed by atoms with E-state index in [1.165, 1.54) is 43.5 Å². The Balaban J connectivity index is 1.55. The Bertz CT molecular complexity index is 402. The number of hydrogen-bond acceptors (Lipinski definition) is 3. The Morgan fingerprint density at radius 1 is 1.20 bits per heavy atom. The molecule has 3 heteroatoms. The van der Waals surface area contributed by atoms with Crippen LogP contribution in [-0.2, 0) is 11.2 Å². The SMILES string of the molecule is CN(CC1CCOCC1)C1CCc2ccccc2NC1. The van der Waals surface area contributed by atoms with Crippen LogP contribution in [-0.4, -0.2) is 44.3 Å². The molecule has 20 heavy (non-hydrogen) atoms. The first-order valence-electron chi connectivity index (χ1n) is 7.92. The van der Waals surface area contributed by atoms with E-state index in [4.69, 9.17) is 4.74 Å². The maximum Gasteiger partial charge on any atom is 0.0469 e. The van der Waals surface area contributed by atoms with Crippen LogP contribution in [0, 0.1) is 5.92 Å². The van der Waals surface area contributed by atoms with Gasteiger partial charge in [-0.2, -0.15) is 0 Å². The average molecular weight is 274 g/mol. The third kappa shape index (κ3) is 3.33. The molecule has 1 aromatic rings. The Labute approximate surface area is 122 Å². The van der Waals surface area contributed by atoms with Crippen LogP contribution in [0.1, 0.15) is 24.8 Å². The number of fused-ring (bicyclic) bond motifs is 1. The fourth-order valence-corrected chi connectivity index (χ4v) is 3.42. The van der Waals surface area contributed by atoms with Crippen LogP contribution in [0.25, 0.3) is 0 Å². The van der Waals surface area contributed by atoms with Crippen molar-refractivity contribution in [3.63, 3.8) is 0 Å². The van der Waals surface area contributed by atoms with Gasteiger partial charge >= 0.3 is 0 Å². The van der Waals surface area contributed by atoms with Gasteiger partial charge in [0.25, 0.3) is 0 Å². The highest BCUT2D eigenvalue weighted by Crippen LogP contribution is 2.24. The zero-order valence-electron chi connectivity index (χ0n) is 12.5. The van der Waals surface area contributed by atoms with Crippen molar-refractivity contribution in [2.75, 3.05) is 38.7 Å². The van der Waals surface area contributed by atoms with E-state index in [1.54, 1.807) is 0 Å². The van der Waals surface area contributed by atoms with Gasteiger partial charge in [0.15, 0.2) is 0 Å². The number of aryl methyl sites for hydroxylation is 1. The number of ether oxygens (including phenoxy) is 1. The topological polar surface area (TPSA) is 24.5 Å². The van der Waals surface area contributed by atoms with Crippen molar-refractivity contribution in [2.45, 2.75) is 31.7 Å². The number of rotatable bonds is 3. The predicted octanol–water partition coefficient (Wildman–Crippen LogP) is 2.77. The van der Waals surface area contributed by atoms with Crippen LogP contribution in [0.4, 0.5) is 5.69 Å². The molecular weight excluding hydrogens is 248 g/mol. The summed E-state index contributed by atoms with van der Waals surface area (Å²) in [5.74, 6) is 0.819. The van der Waals surface area contributed by atoms with Crippen molar-refractivity contribution in [3.05, 3.63) is 29.8 Å². The first-order valence-corrected chi connectivity index (χ1v) is 7.92. The van der Waals surface area contributed by atoms with E-state index in [1.807, 2.05) is 0 Å². The molecule has 1 aromatic carbocycles. The molecule has 3 rings (SSSR count). The lowest BCUT2D eigenvalue weighted by Gasteiger charge is -2.32. The highest BCUT2D eigenvalue weighted by molar-refractivity contribution is 5.52. The number of likely N-dealkylation sites (N-methyl/N-ethyl adjacent to an activating group) is 1. The summed E-state index contributed by atoms with van der Waals surface area (Å²) < 4.78 is 5.46. The van der Waals surface area contributed by atoms with Gasteiger partial charge in [0.1, 0.15) is 0 Å². The Morgan fingerprint density at radius 2 is 2.00 bits per heavy atom. The Kier molecular flexibility index (Phi) is 4.58. The van der Waals surface area contributed by atoms with Crippen LogP contribution < -0.4 is 5.32 Å². The molecule has 2 aliphatic heterocycles. The van der Waals surface area contributed by atoms with Crippen molar-refractivity contribution >= 4 is 5.69 Å². The summed E-state index contributed by atoms with van der Waals surface area (Å²) in [5.41, 5.74) is 2.80. The molecule has 1 N–H and O–H groups in total. The van der Waals surface area contributed by atoms with Gasteiger partial charge in [-0.15, -0.1) is 0 Å². The Hall–Kier alpha value is -1.06. The minimum atomic E-state index is 0.644. The molecule has 1 atom stereocenters. The molecule has 3 nitrogen and oxygen atoms in total. The van der Waals surface area contributed by atoms with Crippen LogP contribution in [0.2, 0.25) is 0 Å². The van der Waals surface area contributed by atoms with Crippen molar-refractivity contribution in [1.82, 2.24) is 4.90 Å². The third-order valence-electron chi connectivity index (χ3n) is 4.80. The largest absolute Gasteiger partial charge is 0.383 e. The van der Waals surface area contributed by atoms with Gasteiger partial charge in [-0.1, -0.05) is 18.2 Å². The van der Waals surface area contributed by atoms with E-state index in [2.05, 4.69) is 41.5 Å². The quantitative estimate of drug-likeness (QED) is 0.917. The summed E-state index contributed by atoms with van der Waals surface area (Å²) >= 11 is 0. The second-order valence-electron chi connectivity index (χ2n) is 6.23. The lowest BCUT2D eigenvalue weighted by atomic mass is 9.98. The zero-order chi connectivity index (χ0) is 13.8. The third-order valence-corrected chi connectivity index (χ3v) is 4.80. The number of nitrogens with one attached hydrogen (secondary N) is 1. The number of hydrogen-bond donors (Lipinski definition) is 1. The standard InChI is InChI=1S/C17H26N2O/c1-19(13-14-8-10-20-11-9-14)16-7-6-15-4-2-3-5-17(15)18-12-16/h2-5,14,16,18H,6-13H2,1H3. The summed E-state index contributed by atoms with van der Waals surface area (Å²) in [4.78, 5) is 2.56. The summed E-state index contributed by atoms with van der Waals surface area (Å²) in [6.45, 7) is 4.18. The van der Waals surface area contributed by atoms with Gasteiger partial charge in [-0.05, 0) is 50.3 Å². The van der Waals surface area contributed by atoms with Gasteiger partial charge < -0.3 is 15.0 Å². The highest BCUT2D eigenvalue weighted by Gasteiger charge is 2.22. The maximum atomic E-state index is 5.46. The first kappa shape index (κ1) is 13.9. The van der Waals surface area contributed by atoms with Gasteiger partial charge in [0.05, 0.1) is 0 Å². The van der Waals surface area contributed by atoms with Crippen molar-refractivity contribution in [1.29, 1.82) is 0 Å². The molecule has 0 spiro atoms. The average Bonchev–Trinajstić information content (AvgIpc) is 2.71. The van der Waals surface area contributed by atoms with E-state index in [0.29, 0.717) is 6.04 Å². The van der Waals surface area contributed by atoms with Crippen molar-refractivity contribution < 1.29 is 4.74 Å². The second-order valence-corrected chi connectivity index (χ2v) is 6.23. The summed E-state index contributed by atoms with van der Waals surface area (Å²) in [7, 11) is 2.29. The summed E-state index contributed by atoms with van der Waals surface area (Å²) in [6.07, 6.45) is 4.89. The lowest BCUT2D eigenvalue weighted by molar-refractivity contribution is 0.0506. The van der Waals surface area contributed by atoms with Gasteiger partial charge in [-0.25, -0.2) is 0 Å². The smallest absolute Gasteiger partial charge is 0.0469 e. The molecule has 110 valence electrons. The van der Waals surface area contributed by atoms with Crippen LogP contribution >= 0.6 is 0 Å². The summed E-state index contributed by atoms with van der Waals surface area (Å²) in [6, 6.07) is 9.37. The fraction of sp³-hybridized carbons (Fsp3) is 0.647. The van der Waals surface area contributed by atoms with E-state index in [0.717, 1.165) is 25.7 Å². The normalized spacial score (nSPS) is 24.0. The molecule has 1 saturated heterocycles. The molecule has 2 aliphatic rings. The number of benzene rings is 1.